The average molecular weight is 397 g/mol. The summed E-state index contributed by atoms with van der Waals surface area (Å²) < 4.78 is 25.5. The van der Waals surface area contributed by atoms with Gasteiger partial charge in [-0.25, -0.2) is 9.18 Å². The molecular formula is C22H24FN3O3. The van der Waals surface area contributed by atoms with Crippen molar-refractivity contribution in [2.24, 2.45) is 0 Å². The Morgan fingerprint density at radius 3 is 2.69 bits per heavy atom. The molecule has 0 radical (unpaired) electrons. The van der Waals surface area contributed by atoms with E-state index in [2.05, 4.69) is 9.97 Å². The third-order valence-corrected chi connectivity index (χ3v) is 5.02. The number of pyridine rings is 2. The third kappa shape index (κ3) is 4.23. The first-order chi connectivity index (χ1) is 13.8. The van der Waals surface area contributed by atoms with Crippen molar-refractivity contribution in [3.05, 3.63) is 48.4 Å². The minimum absolute atomic E-state index is 0.224. The van der Waals surface area contributed by atoms with Gasteiger partial charge in [0.05, 0.1) is 18.1 Å². The molecule has 0 bridgehead atoms. The van der Waals surface area contributed by atoms with Crippen LogP contribution in [0.4, 0.5) is 9.18 Å². The first-order valence-corrected chi connectivity index (χ1v) is 9.77. The van der Waals surface area contributed by atoms with E-state index in [1.165, 1.54) is 6.20 Å². The summed E-state index contributed by atoms with van der Waals surface area (Å²) in [6, 6.07) is 5.43. The Kier molecular flexibility index (Phi) is 4.98. The lowest BCUT2D eigenvalue weighted by molar-refractivity contribution is 0.0200. The number of fused-ring (bicyclic) bond motifs is 1. The van der Waals surface area contributed by atoms with Gasteiger partial charge in [-0.1, -0.05) is 0 Å². The molecule has 1 aliphatic heterocycles. The molecule has 152 valence electrons. The van der Waals surface area contributed by atoms with E-state index in [-0.39, 0.29) is 12.0 Å². The molecule has 0 aliphatic carbocycles. The summed E-state index contributed by atoms with van der Waals surface area (Å²) >= 11 is 0. The number of ether oxygens (including phenoxy) is 1. The Hall–Kier alpha value is -2.96. The van der Waals surface area contributed by atoms with Crippen molar-refractivity contribution in [1.82, 2.24) is 14.9 Å². The van der Waals surface area contributed by atoms with Gasteiger partial charge in [-0.3, -0.25) is 9.97 Å². The van der Waals surface area contributed by atoms with Crippen molar-refractivity contribution in [3.8, 4) is 11.3 Å². The van der Waals surface area contributed by atoms with Gasteiger partial charge in [0.25, 0.3) is 0 Å². The zero-order valence-electron chi connectivity index (χ0n) is 16.8. The number of halogens is 1. The molecule has 1 aliphatic rings. The molecule has 1 saturated heterocycles. The molecule has 4 heterocycles. The molecule has 6 nitrogen and oxygen atoms in total. The molecule has 3 aromatic rings. The molecular weight excluding hydrogens is 373 g/mol. The van der Waals surface area contributed by atoms with Gasteiger partial charge in [-0.2, -0.15) is 0 Å². The number of carbonyl (C=O) groups excluding carboxylic acids is 1. The number of rotatable bonds is 2. The van der Waals surface area contributed by atoms with Gasteiger partial charge in [-0.05, 0) is 51.8 Å². The van der Waals surface area contributed by atoms with Crippen molar-refractivity contribution in [2.75, 3.05) is 13.1 Å². The molecule has 3 aromatic heterocycles. The summed E-state index contributed by atoms with van der Waals surface area (Å²) in [6.45, 7) is 6.86. The van der Waals surface area contributed by atoms with Crippen molar-refractivity contribution in [1.29, 1.82) is 0 Å². The second kappa shape index (κ2) is 7.46. The van der Waals surface area contributed by atoms with E-state index >= 15 is 0 Å². The van der Waals surface area contributed by atoms with Gasteiger partial charge < -0.3 is 14.1 Å². The van der Waals surface area contributed by atoms with E-state index < -0.39 is 11.4 Å². The van der Waals surface area contributed by atoms with Crippen molar-refractivity contribution < 1.29 is 18.3 Å². The van der Waals surface area contributed by atoms with Gasteiger partial charge in [0.15, 0.2) is 11.4 Å². The molecule has 0 aromatic carbocycles. The number of amides is 1. The molecule has 0 saturated carbocycles. The standard InChI is InChI=1S/C22H24FN3O3/c1-22(2,3)29-21(27)26-8-5-14(6-9-26)19-11-15-10-18(25-13-20(15)28-19)16-4-7-24-12-17(16)23/h4,7,10-14H,5-6,8-9H2,1-3H3. The Morgan fingerprint density at radius 2 is 2.00 bits per heavy atom. The first-order valence-electron chi connectivity index (χ1n) is 9.77. The topological polar surface area (TPSA) is 68.5 Å². The van der Waals surface area contributed by atoms with Crippen LogP contribution in [0.5, 0.6) is 0 Å². The van der Waals surface area contributed by atoms with Crippen LogP contribution in [0.1, 0.15) is 45.3 Å². The van der Waals surface area contributed by atoms with Crippen LogP contribution < -0.4 is 0 Å². The molecule has 0 spiro atoms. The number of furan rings is 1. The van der Waals surface area contributed by atoms with E-state index in [1.54, 1.807) is 23.4 Å². The third-order valence-electron chi connectivity index (χ3n) is 5.02. The normalized spacial score (nSPS) is 15.7. The van der Waals surface area contributed by atoms with Gasteiger partial charge >= 0.3 is 6.09 Å². The van der Waals surface area contributed by atoms with Crippen LogP contribution in [0, 0.1) is 5.82 Å². The zero-order chi connectivity index (χ0) is 20.6. The van der Waals surface area contributed by atoms with Crippen LogP contribution in [0.3, 0.4) is 0 Å². The number of piperidine rings is 1. The Bertz CT molecular complexity index is 1030. The Morgan fingerprint density at radius 1 is 1.24 bits per heavy atom. The first kappa shape index (κ1) is 19.4. The maximum absolute atomic E-state index is 14.0. The minimum atomic E-state index is -0.494. The lowest BCUT2D eigenvalue weighted by Gasteiger charge is -2.32. The highest BCUT2D eigenvalue weighted by Gasteiger charge is 2.29. The van der Waals surface area contributed by atoms with Crippen LogP contribution in [0.25, 0.3) is 22.2 Å². The lowest BCUT2D eigenvalue weighted by atomic mass is 9.94. The summed E-state index contributed by atoms with van der Waals surface area (Å²) in [5.74, 6) is 0.692. The van der Waals surface area contributed by atoms with Crippen LogP contribution in [0.2, 0.25) is 0 Å². The lowest BCUT2D eigenvalue weighted by Crippen LogP contribution is -2.41. The molecule has 29 heavy (non-hydrogen) atoms. The predicted molar refractivity (Wildman–Crippen MR) is 107 cm³/mol. The summed E-state index contributed by atoms with van der Waals surface area (Å²) in [6.07, 6.45) is 5.69. The summed E-state index contributed by atoms with van der Waals surface area (Å²) in [5, 5.41) is 0.885. The van der Waals surface area contributed by atoms with Crippen LogP contribution in [0.15, 0.2) is 41.2 Å². The van der Waals surface area contributed by atoms with Crippen molar-refractivity contribution in [2.45, 2.75) is 45.1 Å². The number of carbonyl (C=O) groups is 1. The fraction of sp³-hybridized carbons (Fsp3) is 0.409. The quantitative estimate of drug-likeness (QED) is 0.599. The molecule has 1 fully saturated rings. The van der Waals surface area contributed by atoms with Crippen LogP contribution in [-0.4, -0.2) is 39.7 Å². The highest BCUT2D eigenvalue weighted by atomic mass is 19.1. The number of aromatic nitrogens is 2. The van der Waals surface area contributed by atoms with Gasteiger partial charge in [0, 0.05) is 36.2 Å². The maximum atomic E-state index is 14.0. The number of nitrogens with zero attached hydrogens (tertiary/aromatic N) is 3. The molecule has 0 atom stereocenters. The van der Waals surface area contributed by atoms with E-state index in [0.717, 1.165) is 24.0 Å². The molecule has 1 amide bonds. The Balaban J connectivity index is 1.48. The number of likely N-dealkylation sites (tertiary alicyclic amines) is 1. The van der Waals surface area contributed by atoms with E-state index in [4.69, 9.17) is 9.15 Å². The number of hydrogen-bond acceptors (Lipinski definition) is 5. The van der Waals surface area contributed by atoms with E-state index in [0.29, 0.717) is 29.9 Å². The Labute approximate surface area is 168 Å². The molecule has 0 N–H and O–H groups in total. The molecule has 0 unspecified atom stereocenters. The maximum Gasteiger partial charge on any atom is 0.410 e. The largest absolute Gasteiger partial charge is 0.459 e. The predicted octanol–water partition coefficient (Wildman–Crippen LogP) is 5.14. The second-order valence-corrected chi connectivity index (χ2v) is 8.35. The molecule has 7 heteroatoms. The summed E-state index contributed by atoms with van der Waals surface area (Å²) in [5.41, 5.74) is 1.14. The zero-order valence-corrected chi connectivity index (χ0v) is 16.8. The SMILES string of the molecule is CC(C)(C)OC(=O)N1CCC(c2cc3cc(-c4ccncc4F)ncc3o2)CC1. The fourth-order valence-electron chi connectivity index (χ4n) is 3.57. The van der Waals surface area contributed by atoms with Gasteiger partial charge in [-0.15, -0.1) is 0 Å². The number of hydrogen-bond donors (Lipinski definition) is 0. The molecule has 4 rings (SSSR count). The van der Waals surface area contributed by atoms with Crippen LogP contribution >= 0.6 is 0 Å². The fourth-order valence-corrected chi connectivity index (χ4v) is 3.57. The van der Waals surface area contributed by atoms with Crippen molar-refractivity contribution >= 4 is 17.1 Å². The monoisotopic (exact) mass is 397 g/mol. The van der Waals surface area contributed by atoms with Crippen LogP contribution in [-0.2, 0) is 4.74 Å². The smallest absolute Gasteiger partial charge is 0.410 e. The van der Waals surface area contributed by atoms with E-state index in [1.807, 2.05) is 32.9 Å². The highest BCUT2D eigenvalue weighted by Crippen LogP contribution is 2.34. The van der Waals surface area contributed by atoms with Crippen molar-refractivity contribution in [3.63, 3.8) is 0 Å². The average Bonchev–Trinajstić information content (AvgIpc) is 3.10. The summed E-state index contributed by atoms with van der Waals surface area (Å²) in [7, 11) is 0. The van der Waals surface area contributed by atoms with Gasteiger partial charge in [0.2, 0.25) is 0 Å². The second-order valence-electron chi connectivity index (χ2n) is 8.35. The summed E-state index contributed by atoms with van der Waals surface area (Å²) in [4.78, 5) is 22.1. The van der Waals surface area contributed by atoms with E-state index in [9.17, 15) is 9.18 Å². The van der Waals surface area contributed by atoms with Gasteiger partial charge in [0.1, 0.15) is 11.4 Å². The highest BCUT2D eigenvalue weighted by molar-refractivity contribution is 5.81. The minimum Gasteiger partial charge on any atom is -0.459 e.